The molecule has 0 spiro atoms. The summed E-state index contributed by atoms with van der Waals surface area (Å²) >= 11 is 0. The Kier molecular flexibility index (Phi) is 4.62. The third kappa shape index (κ3) is 2.67. The molecule has 3 heteroatoms. The molecule has 0 heterocycles. The third-order valence-corrected chi connectivity index (χ3v) is 2.79. The Labute approximate surface area is 97.6 Å². The van der Waals surface area contributed by atoms with E-state index in [9.17, 15) is 0 Å². The fraction of sp³-hybridized carbons (Fsp3) is 0.538. The van der Waals surface area contributed by atoms with Crippen LogP contribution in [0.25, 0.3) is 0 Å². The van der Waals surface area contributed by atoms with Crippen LogP contribution in [-0.4, -0.2) is 20.3 Å². The molecule has 1 rings (SSSR count). The predicted molar refractivity (Wildman–Crippen MR) is 66.4 cm³/mol. The topological polar surface area (TPSA) is 44.5 Å². The van der Waals surface area contributed by atoms with E-state index in [0.717, 1.165) is 34.6 Å². The van der Waals surface area contributed by atoms with Crippen LogP contribution in [0.4, 0.5) is 0 Å². The molecule has 0 atom stereocenters. The summed E-state index contributed by atoms with van der Waals surface area (Å²) in [6, 6.07) is 2.03. The summed E-state index contributed by atoms with van der Waals surface area (Å²) in [6.45, 7) is 7.46. The van der Waals surface area contributed by atoms with Crippen molar-refractivity contribution in [3.05, 3.63) is 22.8 Å². The van der Waals surface area contributed by atoms with Crippen LogP contribution >= 0.6 is 0 Å². The Morgan fingerprint density at radius 2 is 1.88 bits per heavy atom. The average molecular weight is 223 g/mol. The first-order valence-corrected chi connectivity index (χ1v) is 5.59. The molecule has 0 aliphatic rings. The molecule has 0 radical (unpaired) electrons. The molecule has 0 aliphatic carbocycles. The molecule has 2 N–H and O–H groups in total. The zero-order valence-electron chi connectivity index (χ0n) is 10.6. The van der Waals surface area contributed by atoms with Crippen molar-refractivity contribution >= 4 is 0 Å². The van der Waals surface area contributed by atoms with Crippen LogP contribution < -0.4 is 15.2 Å². The Morgan fingerprint density at radius 1 is 1.19 bits per heavy atom. The van der Waals surface area contributed by atoms with Crippen molar-refractivity contribution in [3.63, 3.8) is 0 Å². The molecule has 0 fully saturated rings. The van der Waals surface area contributed by atoms with Crippen molar-refractivity contribution in [1.29, 1.82) is 0 Å². The number of methoxy groups -OCH3 is 1. The van der Waals surface area contributed by atoms with E-state index in [0.29, 0.717) is 13.2 Å². The fourth-order valence-corrected chi connectivity index (χ4v) is 1.75. The molecule has 0 amide bonds. The van der Waals surface area contributed by atoms with Gasteiger partial charge in [0.05, 0.1) is 13.7 Å². The van der Waals surface area contributed by atoms with E-state index >= 15 is 0 Å². The first-order chi connectivity index (χ1) is 7.61. The minimum Gasteiger partial charge on any atom is -0.496 e. The predicted octanol–water partition coefficient (Wildman–Crippen LogP) is 2.35. The van der Waals surface area contributed by atoms with E-state index in [4.69, 9.17) is 15.2 Å². The van der Waals surface area contributed by atoms with E-state index in [1.165, 1.54) is 0 Å². The molecular formula is C13H21NO2. The summed E-state index contributed by atoms with van der Waals surface area (Å²) in [5.41, 5.74) is 8.82. The normalized spacial score (nSPS) is 10.3. The quantitative estimate of drug-likeness (QED) is 0.779. The van der Waals surface area contributed by atoms with Gasteiger partial charge in [0.25, 0.3) is 0 Å². The minimum absolute atomic E-state index is 0.660. The van der Waals surface area contributed by atoms with Crippen LogP contribution in [-0.2, 0) is 0 Å². The standard InChI is InChI=1S/C13H21NO2/c1-9-8-12(16-7-5-6-14)10(2)11(3)13(9)15-4/h8H,5-7,14H2,1-4H3. The van der Waals surface area contributed by atoms with E-state index < -0.39 is 0 Å². The number of hydrogen-bond donors (Lipinski definition) is 1. The van der Waals surface area contributed by atoms with Crippen LogP contribution in [0.1, 0.15) is 23.1 Å². The van der Waals surface area contributed by atoms with Gasteiger partial charge in [0.15, 0.2) is 0 Å². The van der Waals surface area contributed by atoms with Gasteiger partial charge in [-0.3, -0.25) is 0 Å². The Bertz CT molecular complexity index is 361. The summed E-state index contributed by atoms with van der Waals surface area (Å²) in [4.78, 5) is 0. The van der Waals surface area contributed by atoms with Crippen molar-refractivity contribution in [3.8, 4) is 11.5 Å². The maximum Gasteiger partial charge on any atom is 0.125 e. The van der Waals surface area contributed by atoms with Gasteiger partial charge in [0.2, 0.25) is 0 Å². The highest BCUT2D eigenvalue weighted by Gasteiger charge is 2.11. The summed E-state index contributed by atoms with van der Waals surface area (Å²) < 4.78 is 11.1. The monoisotopic (exact) mass is 223 g/mol. The molecule has 0 unspecified atom stereocenters. The Morgan fingerprint density at radius 3 is 2.44 bits per heavy atom. The third-order valence-electron chi connectivity index (χ3n) is 2.79. The molecule has 16 heavy (non-hydrogen) atoms. The molecule has 0 saturated heterocycles. The van der Waals surface area contributed by atoms with Crippen LogP contribution in [0.5, 0.6) is 11.5 Å². The zero-order chi connectivity index (χ0) is 12.1. The second-order valence-corrected chi connectivity index (χ2v) is 3.97. The van der Waals surface area contributed by atoms with Crippen LogP contribution in [0.3, 0.4) is 0 Å². The van der Waals surface area contributed by atoms with Crippen molar-refractivity contribution in [1.82, 2.24) is 0 Å². The molecule has 1 aromatic carbocycles. The number of aryl methyl sites for hydroxylation is 1. The van der Waals surface area contributed by atoms with Gasteiger partial charge in [-0.15, -0.1) is 0 Å². The lowest BCUT2D eigenvalue weighted by Gasteiger charge is -2.16. The highest BCUT2D eigenvalue weighted by atomic mass is 16.5. The smallest absolute Gasteiger partial charge is 0.125 e. The second kappa shape index (κ2) is 5.75. The van der Waals surface area contributed by atoms with E-state index in [1.807, 2.05) is 13.0 Å². The number of hydrogen-bond acceptors (Lipinski definition) is 3. The Balaban J connectivity index is 2.94. The summed E-state index contributed by atoms with van der Waals surface area (Å²) in [7, 11) is 1.70. The maximum absolute atomic E-state index is 5.70. The lowest BCUT2D eigenvalue weighted by atomic mass is 10.0. The first kappa shape index (κ1) is 12.8. The maximum atomic E-state index is 5.70. The van der Waals surface area contributed by atoms with E-state index in [-0.39, 0.29) is 0 Å². The highest BCUT2D eigenvalue weighted by molar-refractivity contribution is 5.51. The summed E-state index contributed by atoms with van der Waals surface area (Å²) in [5.74, 6) is 1.88. The molecule has 3 nitrogen and oxygen atoms in total. The Hall–Kier alpha value is -1.22. The lowest BCUT2D eigenvalue weighted by molar-refractivity contribution is 0.309. The number of nitrogens with two attached hydrogens (primary N) is 1. The van der Waals surface area contributed by atoms with Gasteiger partial charge in [-0.05, 0) is 56.5 Å². The zero-order valence-corrected chi connectivity index (χ0v) is 10.6. The van der Waals surface area contributed by atoms with E-state index in [2.05, 4.69) is 13.8 Å². The SMILES string of the molecule is COc1c(C)cc(OCCCN)c(C)c1C. The number of benzene rings is 1. The summed E-state index contributed by atoms with van der Waals surface area (Å²) in [5, 5.41) is 0. The van der Waals surface area contributed by atoms with E-state index in [1.54, 1.807) is 7.11 Å². The molecule has 0 saturated carbocycles. The van der Waals surface area contributed by atoms with Crippen molar-refractivity contribution in [2.75, 3.05) is 20.3 Å². The van der Waals surface area contributed by atoms with Crippen LogP contribution in [0.15, 0.2) is 6.07 Å². The first-order valence-electron chi connectivity index (χ1n) is 5.59. The molecule has 90 valence electrons. The highest BCUT2D eigenvalue weighted by Crippen LogP contribution is 2.32. The van der Waals surface area contributed by atoms with Gasteiger partial charge in [-0.25, -0.2) is 0 Å². The lowest BCUT2D eigenvalue weighted by Crippen LogP contribution is -2.07. The van der Waals surface area contributed by atoms with Crippen LogP contribution in [0.2, 0.25) is 0 Å². The average Bonchev–Trinajstić information content (AvgIpc) is 2.26. The van der Waals surface area contributed by atoms with Gasteiger partial charge in [0.1, 0.15) is 11.5 Å². The molecular weight excluding hydrogens is 202 g/mol. The van der Waals surface area contributed by atoms with Crippen molar-refractivity contribution < 1.29 is 9.47 Å². The molecule has 0 bridgehead atoms. The van der Waals surface area contributed by atoms with Crippen molar-refractivity contribution in [2.24, 2.45) is 5.73 Å². The minimum atomic E-state index is 0.660. The van der Waals surface area contributed by atoms with Gasteiger partial charge in [0, 0.05) is 0 Å². The van der Waals surface area contributed by atoms with Gasteiger partial charge in [-0.1, -0.05) is 0 Å². The largest absolute Gasteiger partial charge is 0.496 e. The second-order valence-electron chi connectivity index (χ2n) is 3.97. The fourth-order valence-electron chi connectivity index (χ4n) is 1.75. The molecule has 0 aromatic heterocycles. The van der Waals surface area contributed by atoms with Gasteiger partial charge < -0.3 is 15.2 Å². The van der Waals surface area contributed by atoms with Crippen molar-refractivity contribution in [2.45, 2.75) is 27.2 Å². The molecule has 0 aliphatic heterocycles. The number of ether oxygens (including phenoxy) is 2. The van der Waals surface area contributed by atoms with Gasteiger partial charge >= 0.3 is 0 Å². The summed E-state index contributed by atoms with van der Waals surface area (Å²) in [6.07, 6.45) is 0.879. The van der Waals surface area contributed by atoms with Gasteiger partial charge in [-0.2, -0.15) is 0 Å². The molecule has 1 aromatic rings. The number of rotatable bonds is 5. The van der Waals surface area contributed by atoms with Crippen LogP contribution in [0, 0.1) is 20.8 Å².